The predicted molar refractivity (Wildman–Crippen MR) is 116 cm³/mol. The lowest BCUT2D eigenvalue weighted by Gasteiger charge is -2.09. The molecule has 0 bridgehead atoms. The van der Waals surface area contributed by atoms with E-state index < -0.39 is 0 Å². The van der Waals surface area contributed by atoms with Crippen molar-refractivity contribution in [3.05, 3.63) is 52.9 Å². The fourth-order valence-electron chi connectivity index (χ4n) is 2.85. The second-order valence-corrected chi connectivity index (χ2v) is 7.43. The summed E-state index contributed by atoms with van der Waals surface area (Å²) in [6.07, 6.45) is 1.68. The zero-order valence-corrected chi connectivity index (χ0v) is 17.7. The highest BCUT2D eigenvalue weighted by Crippen LogP contribution is 2.22. The van der Waals surface area contributed by atoms with Crippen LogP contribution in [0.1, 0.15) is 13.8 Å². The maximum atomic E-state index is 12.4. The van der Waals surface area contributed by atoms with Crippen LogP contribution >= 0.6 is 11.8 Å². The van der Waals surface area contributed by atoms with E-state index in [1.807, 2.05) is 11.5 Å². The zero-order chi connectivity index (χ0) is 21.7. The van der Waals surface area contributed by atoms with Gasteiger partial charge < -0.3 is 19.8 Å². The molecule has 0 saturated carbocycles. The van der Waals surface area contributed by atoms with Crippen molar-refractivity contribution in [2.24, 2.45) is 7.05 Å². The van der Waals surface area contributed by atoms with Crippen molar-refractivity contribution in [2.45, 2.75) is 25.5 Å². The number of thioether (sulfide) groups is 1. The van der Waals surface area contributed by atoms with Crippen molar-refractivity contribution in [3.8, 4) is 11.4 Å². The largest absolute Gasteiger partial charge is 0.326 e. The van der Waals surface area contributed by atoms with E-state index in [1.165, 1.54) is 23.3 Å². The van der Waals surface area contributed by atoms with Gasteiger partial charge in [-0.05, 0) is 37.3 Å². The molecule has 3 rings (SSSR count). The van der Waals surface area contributed by atoms with Crippen molar-refractivity contribution < 1.29 is 9.59 Å². The van der Waals surface area contributed by atoms with Crippen LogP contribution in [0.15, 0.2) is 52.5 Å². The monoisotopic (exact) mass is 426 g/mol. The standard InChI is InChI=1S/C20H22N6O3S/c1-4-26-18(16-9-6-10-25(3)19(16)29)23-24-20(26)30-12-17(28)22-15-8-5-7-14(11-15)21-13(2)27/h5-11H,4,12H2,1-3H3,(H,21,27)(H,22,28). The van der Waals surface area contributed by atoms with Gasteiger partial charge in [-0.15, -0.1) is 10.2 Å². The number of carbonyl (C=O) groups is 2. The summed E-state index contributed by atoms with van der Waals surface area (Å²) < 4.78 is 3.30. The number of hydrogen-bond acceptors (Lipinski definition) is 6. The van der Waals surface area contributed by atoms with Crippen molar-refractivity contribution in [1.82, 2.24) is 19.3 Å². The van der Waals surface area contributed by atoms with Crippen LogP contribution in [0.4, 0.5) is 11.4 Å². The van der Waals surface area contributed by atoms with Crippen molar-refractivity contribution in [3.63, 3.8) is 0 Å². The Balaban J connectivity index is 1.70. The molecule has 0 fully saturated rings. The molecule has 2 N–H and O–H groups in total. The molecule has 3 aromatic rings. The van der Waals surface area contributed by atoms with E-state index in [2.05, 4.69) is 20.8 Å². The molecule has 10 heteroatoms. The fraction of sp³-hybridized carbons (Fsp3) is 0.250. The molecule has 0 spiro atoms. The van der Waals surface area contributed by atoms with Gasteiger partial charge in [-0.25, -0.2) is 0 Å². The number of rotatable bonds is 7. The SMILES string of the molecule is CCn1c(SCC(=O)Nc2cccc(NC(C)=O)c2)nnc1-c1cccn(C)c1=O. The average molecular weight is 427 g/mol. The molecule has 0 atom stereocenters. The summed E-state index contributed by atoms with van der Waals surface area (Å²) in [7, 11) is 1.68. The Morgan fingerprint density at radius 2 is 1.83 bits per heavy atom. The summed E-state index contributed by atoms with van der Waals surface area (Å²) in [5, 5.41) is 14.4. The zero-order valence-electron chi connectivity index (χ0n) is 16.9. The molecule has 156 valence electrons. The summed E-state index contributed by atoms with van der Waals surface area (Å²) in [4.78, 5) is 35.9. The molecule has 0 aliphatic carbocycles. The molecular formula is C20H22N6O3S. The number of nitrogens with zero attached hydrogens (tertiary/aromatic N) is 4. The van der Waals surface area contributed by atoms with Gasteiger partial charge in [0.25, 0.3) is 5.56 Å². The molecule has 2 heterocycles. The lowest BCUT2D eigenvalue weighted by Crippen LogP contribution is -2.19. The van der Waals surface area contributed by atoms with E-state index in [0.717, 1.165) is 0 Å². The van der Waals surface area contributed by atoms with Crippen LogP contribution < -0.4 is 16.2 Å². The minimum absolute atomic E-state index is 0.120. The van der Waals surface area contributed by atoms with E-state index in [4.69, 9.17) is 0 Å². The first-order valence-corrected chi connectivity index (χ1v) is 10.3. The third-order valence-corrected chi connectivity index (χ3v) is 5.16. The number of aryl methyl sites for hydroxylation is 1. The van der Waals surface area contributed by atoms with Gasteiger partial charge in [0.05, 0.1) is 11.3 Å². The first kappa shape index (κ1) is 21.3. The minimum Gasteiger partial charge on any atom is -0.326 e. The number of anilines is 2. The molecule has 0 aliphatic heterocycles. The Hall–Kier alpha value is -3.40. The highest BCUT2D eigenvalue weighted by Gasteiger charge is 2.17. The van der Waals surface area contributed by atoms with Crippen molar-refractivity contribution in [2.75, 3.05) is 16.4 Å². The van der Waals surface area contributed by atoms with E-state index in [1.54, 1.807) is 49.6 Å². The van der Waals surface area contributed by atoms with Gasteiger partial charge in [0, 0.05) is 38.1 Å². The lowest BCUT2D eigenvalue weighted by atomic mass is 10.2. The average Bonchev–Trinajstić information content (AvgIpc) is 3.11. The predicted octanol–water partition coefficient (Wildman–Crippen LogP) is 2.35. The van der Waals surface area contributed by atoms with Crippen LogP contribution in [0.25, 0.3) is 11.4 Å². The highest BCUT2D eigenvalue weighted by atomic mass is 32.2. The van der Waals surface area contributed by atoms with Crippen LogP contribution in [-0.2, 0) is 23.2 Å². The number of aromatic nitrogens is 4. The molecule has 2 aromatic heterocycles. The molecule has 9 nitrogen and oxygen atoms in total. The van der Waals surface area contributed by atoms with E-state index in [9.17, 15) is 14.4 Å². The van der Waals surface area contributed by atoms with Crippen LogP contribution in [0, 0.1) is 0 Å². The van der Waals surface area contributed by atoms with E-state index >= 15 is 0 Å². The second-order valence-electron chi connectivity index (χ2n) is 6.49. The van der Waals surface area contributed by atoms with Gasteiger partial charge >= 0.3 is 0 Å². The summed E-state index contributed by atoms with van der Waals surface area (Å²) in [5.41, 5.74) is 1.48. The van der Waals surface area contributed by atoms with Gasteiger partial charge in [0.15, 0.2) is 11.0 Å². The lowest BCUT2D eigenvalue weighted by molar-refractivity contribution is -0.114. The van der Waals surface area contributed by atoms with Crippen LogP contribution in [0.2, 0.25) is 0 Å². The van der Waals surface area contributed by atoms with Crippen LogP contribution in [0.3, 0.4) is 0 Å². The fourth-order valence-corrected chi connectivity index (χ4v) is 3.65. The number of amides is 2. The number of benzene rings is 1. The topological polar surface area (TPSA) is 111 Å². The quantitative estimate of drug-likeness (QED) is 0.561. The molecule has 0 saturated heterocycles. The summed E-state index contributed by atoms with van der Waals surface area (Å²) in [5.74, 6) is 0.194. The number of pyridine rings is 1. The van der Waals surface area contributed by atoms with Gasteiger partial charge in [-0.1, -0.05) is 17.8 Å². The van der Waals surface area contributed by atoms with E-state index in [-0.39, 0.29) is 23.1 Å². The summed E-state index contributed by atoms with van der Waals surface area (Å²) in [6, 6.07) is 10.4. The Morgan fingerprint density at radius 3 is 2.53 bits per heavy atom. The highest BCUT2D eigenvalue weighted by molar-refractivity contribution is 7.99. The molecule has 0 aliphatic rings. The number of carbonyl (C=O) groups excluding carboxylic acids is 2. The summed E-state index contributed by atoms with van der Waals surface area (Å²) >= 11 is 1.24. The maximum absolute atomic E-state index is 12.4. The van der Waals surface area contributed by atoms with E-state index in [0.29, 0.717) is 34.5 Å². The summed E-state index contributed by atoms with van der Waals surface area (Å²) in [6.45, 7) is 3.91. The third-order valence-electron chi connectivity index (χ3n) is 4.20. The minimum atomic E-state index is -0.220. The third kappa shape index (κ3) is 4.95. The molecular weight excluding hydrogens is 404 g/mol. The Kier molecular flexibility index (Phi) is 6.68. The molecule has 30 heavy (non-hydrogen) atoms. The molecule has 0 unspecified atom stereocenters. The molecule has 1 aromatic carbocycles. The van der Waals surface area contributed by atoms with Crippen LogP contribution in [0.5, 0.6) is 0 Å². The Morgan fingerprint density at radius 1 is 1.10 bits per heavy atom. The van der Waals surface area contributed by atoms with Gasteiger partial charge in [-0.2, -0.15) is 0 Å². The van der Waals surface area contributed by atoms with Crippen molar-refractivity contribution in [1.29, 1.82) is 0 Å². The van der Waals surface area contributed by atoms with Gasteiger partial charge in [0.1, 0.15) is 0 Å². The van der Waals surface area contributed by atoms with Crippen molar-refractivity contribution >= 4 is 35.0 Å². The molecule has 2 amide bonds. The smallest absolute Gasteiger partial charge is 0.261 e. The van der Waals surface area contributed by atoms with Crippen LogP contribution in [-0.4, -0.2) is 36.9 Å². The van der Waals surface area contributed by atoms with Gasteiger partial charge in [-0.3, -0.25) is 14.4 Å². The molecule has 0 radical (unpaired) electrons. The second kappa shape index (κ2) is 9.40. The maximum Gasteiger partial charge on any atom is 0.261 e. The Labute approximate surface area is 177 Å². The van der Waals surface area contributed by atoms with Gasteiger partial charge in [0.2, 0.25) is 11.8 Å². The Bertz CT molecular complexity index is 1140. The number of nitrogens with one attached hydrogen (secondary N) is 2. The normalized spacial score (nSPS) is 10.6. The first-order chi connectivity index (χ1) is 14.4. The first-order valence-electron chi connectivity index (χ1n) is 9.28. The number of hydrogen-bond donors (Lipinski definition) is 2.